The van der Waals surface area contributed by atoms with E-state index in [1.807, 2.05) is 109 Å². The Hall–Kier alpha value is -5.64. The van der Waals surface area contributed by atoms with E-state index in [1.165, 1.54) is 0 Å². The van der Waals surface area contributed by atoms with Gasteiger partial charge < -0.3 is 30.7 Å². The van der Waals surface area contributed by atoms with Gasteiger partial charge >= 0.3 is 12.2 Å². The number of unbranched alkanes of at least 4 members (excludes halogenated alkanes) is 4. The first-order valence-electron chi connectivity index (χ1n) is 17.6. The van der Waals surface area contributed by atoms with E-state index in [2.05, 4.69) is 21.3 Å². The largest absolute Gasteiger partial charge is 0.445 e. The molecule has 0 saturated carbocycles. The highest BCUT2D eigenvalue weighted by Gasteiger charge is 2.07. The van der Waals surface area contributed by atoms with Gasteiger partial charge in [0.25, 0.3) is 0 Å². The summed E-state index contributed by atoms with van der Waals surface area (Å²) in [6.07, 6.45) is 5.32. The molecule has 4 rings (SSSR count). The number of hydrogen-bond acceptors (Lipinski definition) is 6. The highest BCUT2D eigenvalue weighted by atomic mass is 16.6. The fourth-order valence-corrected chi connectivity index (χ4v) is 5.20. The van der Waals surface area contributed by atoms with E-state index in [0.29, 0.717) is 25.9 Å². The Morgan fingerprint density at radius 3 is 1.22 bits per heavy atom. The molecule has 0 saturated heterocycles. The molecule has 10 heteroatoms. The van der Waals surface area contributed by atoms with Gasteiger partial charge in [-0.25, -0.2) is 9.59 Å². The maximum absolute atomic E-state index is 12.4. The summed E-state index contributed by atoms with van der Waals surface area (Å²) >= 11 is 0. The van der Waals surface area contributed by atoms with E-state index in [1.54, 1.807) is 0 Å². The molecule has 0 unspecified atom stereocenters. The maximum atomic E-state index is 12.4. The molecule has 0 aliphatic heterocycles. The third kappa shape index (κ3) is 16.1. The number of alkyl carbamates (subject to hydrolysis) is 2. The summed E-state index contributed by atoms with van der Waals surface area (Å²) in [6, 6.07) is 34.7. The molecule has 0 aromatic heterocycles. The van der Waals surface area contributed by atoms with E-state index >= 15 is 0 Å². The number of nitrogens with one attached hydrogen (secondary N) is 4. The Labute approximate surface area is 300 Å². The van der Waals surface area contributed by atoms with E-state index < -0.39 is 12.2 Å². The van der Waals surface area contributed by atoms with Crippen LogP contribution < -0.4 is 21.3 Å². The molecule has 0 radical (unpaired) electrons. The molecule has 10 nitrogen and oxygen atoms in total. The molecule has 0 aliphatic carbocycles. The van der Waals surface area contributed by atoms with Crippen LogP contribution in [0.4, 0.5) is 21.0 Å². The van der Waals surface area contributed by atoms with Gasteiger partial charge in [0.1, 0.15) is 13.2 Å². The third-order valence-electron chi connectivity index (χ3n) is 8.01. The third-order valence-corrected chi connectivity index (χ3v) is 8.01. The van der Waals surface area contributed by atoms with Crippen molar-refractivity contribution >= 4 is 35.4 Å². The first-order valence-corrected chi connectivity index (χ1v) is 17.6. The van der Waals surface area contributed by atoms with Crippen molar-refractivity contribution in [2.45, 2.75) is 71.0 Å². The van der Waals surface area contributed by atoms with Crippen molar-refractivity contribution in [2.24, 2.45) is 0 Å². The van der Waals surface area contributed by atoms with Crippen LogP contribution in [-0.2, 0) is 38.7 Å². The van der Waals surface area contributed by atoms with Crippen LogP contribution in [0.1, 0.15) is 73.6 Å². The Bertz CT molecular complexity index is 1510. The van der Waals surface area contributed by atoms with Crippen LogP contribution in [0.3, 0.4) is 0 Å². The maximum Gasteiger partial charge on any atom is 0.407 e. The van der Waals surface area contributed by atoms with Gasteiger partial charge in [-0.2, -0.15) is 0 Å². The second-order valence-electron chi connectivity index (χ2n) is 12.3. The molecular formula is C41H48N4O6. The molecule has 268 valence electrons. The highest BCUT2D eigenvalue weighted by Crippen LogP contribution is 2.17. The second-order valence-corrected chi connectivity index (χ2v) is 12.3. The SMILES string of the molecule is O=C(CCCCCNC(=O)OCc1ccccc1)Nc1ccc(Cc2ccc(NC(=O)CCCCCNC(=O)OCc3ccccc3)cc2)cc1. The summed E-state index contributed by atoms with van der Waals surface area (Å²) < 4.78 is 10.4. The molecule has 0 fully saturated rings. The van der Waals surface area contributed by atoms with Crippen molar-refractivity contribution in [1.29, 1.82) is 0 Å². The number of hydrogen-bond donors (Lipinski definition) is 4. The number of ether oxygens (including phenoxy) is 2. The molecule has 4 amide bonds. The van der Waals surface area contributed by atoms with Crippen LogP contribution in [-0.4, -0.2) is 37.1 Å². The Kier molecular flexibility index (Phi) is 16.6. The van der Waals surface area contributed by atoms with Crippen LogP contribution in [0, 0.1) is 0 Å². The lowest BCUT2D eigenvalue weighted by molar-refractivity contribution is -0.117. The minimum absolute atomic E-state index is 0.0376. The van der Waals surface area contributed by atoms with Crippen LogP contribution in [0.5, 0.6) is 0 Å². The van der Waals surface area contributed by atoms with E-state index in [0.717, 1.165) is 78.6 Å². The summed E-state index contributed by atoms with van der Waals surface area (Å²) in [6.45, 7) is 1.49. The summed E-state index contributed by atoms with van der Waals surface area (Å²) in [7, 11) is 0. The van der Waals surface area contributed by atoms with Crippen LogP contribution in [0.25, 0.3) is 0 Å². The Balaban J connectivity index is 1.01. The molecule has 51 heavy (non-hydrogen) atoms. The predicted octanol–water partition coefficient (Wildman–Crippen LogP) is 8.13. The van der Waals surface area contributed by atoms with Crippen molar-refractivity contribution in [1.82, 2.24) is 10.6 Å². The lowest BCUT2D eigenvalue weighted by atomic mass is 10.0. The van der Waals surface area contributed by atoms with Gasteiger partial charge in [-0.05, 0) is 78.6 Å². The quantitative estimate of drug-likeness (QED) is 0.0691. The molecule has 0 heterocycles. The lowest BCUT2D eigenvalue weighted by Gasteiger charge is -2.09. The van der Waals surface area contributed by atoms with Gasteiger partial charge in [0, 0.05) is 37.3 Å². The zero-order valence-corrected chi connectivity index (χ0v) is 29.0. The van der Waals surface area contributed by atoms with E-state index in [4.69, 9.17) is 9.47 Å². The van der Waals surface area contributed by atoms with Crippen molar-refractivity contribution in [3.8, 4) is 0 Å². The fraction of sp³-hybridized carbons (Fsp3) is 0.317. The molecule has 0 aliphatic rings. The smallest absolute Gasteiger partial charge is 0.407 e. The van der Waals surface area contributed by atoms with Gasteiger partial charge in [0.15, 0.2) is 0 Å². The average molecular weight is 693 g/mol. The molecular weight excluding hydrogens is 644 g/mol. The minimum Gasteiger partial charge on any atom is -0.445 e. The van der Waals surface area contributed by atoms with Crippen LogP contribution in [0.15, 0.2) is 109 Å². The average Bonchev–Trinajstić information content (AvgIpc) is 3.15. The van der Waals surface area contributed by atoms with E-state index in [9.17, 15) is 19.2 Å². The Morgan fingerprint density at radius 2 is 0.824 bits per heavy atom. The molecule has 0 atom stereocenters. The number of anilines is 2. The van der Waals surface area contributed by atoms with Crippen molar-refractivity contribution in [2.75, 3.05) is 23.7 Å². The molecule has 0 bridgehead atoms. The first kappa shape index (κ1) is 38.2. The standard InChI is InChI=1S/C41H48N4O6/c46-38(17-9-3-11-27-42-40(48)50-30-34-13-5-1-6-14-34)44-36-23-19-32(20-24-36)29-33-21-25-37(26-22-33)45-39(47)18-10-4-12-28-43-41(49)51-31-35-15-7-2-8-16-35/h1-2,5-8,13-16,19-26H,3-4,9-12,17-18,27-31H2,(H,42,48)(H,43,49)(H,44,46)(H,45,47). The Morgan fingerprint density at radius 1 is 0.431 bits per heavy atom. The topological polar surface area (TPSA) is 135 Å². The van der Waals surface area contributed by atoms with E-state index in [-0.39, 0.29) is 25.0 Å². The van der Waals surface area contributed by atoms with Crippen molar-refractivity contribution in [3.05, 3.63) is 131 Å². The minimum atomic E-state index is -0.438. The molecule has 4 N–H and O–H groups in total. The summed E-state index contributed by atoms with van der Waals surface area (Å²) in [5.74, 6) is -0.0752. The van der Waals surface area contributed by atoms with Crippen molar-refractivity contribution < 1.29 is 28.7 Å². The number of carbonyl (C=O) groups excluding carboxylic acids is 4. The molecule has 4 aromatic carbocycles. The summed E-state index contributed by atoms with van der Waals surface area (Å²) in [4.78, 5) is 48.4. The number of benzene rings is 4. The highest BCUT2D eigenvalue weighted by molar-refractivity contribution is 5.91. The second kappa shape index (κ2) is 22.2. The molecule has 4 aromatic rings. The first-order chi connectivity index (χ1) is 24.9. The van der Waals surface area contributed by atoms with Gasteiger partial charge in [-0.3, -0.25) is 9.59 Å². The number of amides is 4. The van der Waals surface area contributed by atoms with Gasteiger partial charge in [0.2, 0.25) is 11.8 Å². The van der Waals surface area contributed by atoms with Crippen LogP contribution in [0.2, 0.25) is 0 Å². The number of rotatable bonds is 20. The number of carbonyl (C=O) groups is 4. The van der Waals surface area contributed by atoms with Crippen LogP contribution >= 0.6 is 0 Å². The van der Waals surface area contributed by atoms with Gasteiger partial charge in [0.05, 0.1) is 0 Å². The zero-order valence-electron chi connectivity index (χ0n) is 29.0. The van der Waals surface area contributed by atoms with Gasteiger partial charge in [-0.1, -0.05) is 97.8 Å². The fourth-order valence-electron chi connectivity index (χ4n) is 5.20. The predicted molar refractivity (Wildman–Crippen MR) is 199 cm³/mol. The summed E-state index contributed by atoms with van der Waals surface area (Å²) in [5.41, 5.74) is 5.60. The normalized spacial score (nSPS) is 10.5. The van der Waals surface area contributed by atoms with Gasteiger partial charge in [-0.15, -0.1) is 0 Å². The van der Waals surface area contributed by atoms with Crippen molar-refractivity contribution in [3.63, 3.8) is 0 Å². The summed E-state index contributed by atoms with van der Waals surface area (Å²) in [5, 5.41) is 11.4. The monoisotopic (exact) mass is 692 g/mol. The molecule has 0 spiro atoms. The zero-order chi connectivity index (χ0) is 35.9. The lowest BCUT2D eigenvalue weighted by Crippen LogP contribution is -2.25.